The van der Waals surface area contributed by atoms with Gasteiger partial charge in [-0.1, -0.05) is 19.3 Å². The molecule has 0 aromatic heterocycles. The van der Waals surface area contributed by atoms with E-state index >= 15 is 0 Å². The fourth-order valence-electron chi connectivity index (χ4n) is 2.34. The zero-order chi connectivity index (χ0) is 14.5. The van der Waals surface area contributed by atoms with Gasteiger partial charge in [-0.25, -0.2) is 0 Å². The zero-order valence-electron chi connectivity index (χ0n) is 13.8. The van der Waals surface area contributed by atoms with E-state index in [1.54, 1.807) is 0 Å². The summed E-state index contributed by atoms with van der Waals surface area (Å²) in [5.41, 5.74) is 0. The van der Waals surface area contributed by atoms with E-state index in [0.29, 0.717) is 0 Å². The van der Waals surface area contributed by atoms with Gasteiger partial charge < -0.3 is 8.85 Å². The van der Waals surface area contributed by atoms with E-state index in [1.807, 2.05) is 0 Å². The Hall–Kier alpha value is -0.226. The predicted octanol–water partition coefficient (Wildman–Crippen LogP) is 5.65. The average Bonchev–Trinajstić information content (AvgIpc) is 2.29. The highest BCUT2D eigenvalue weighted by atomic mass is 28.4. The molecule has 112 valence electrons. The van der Waals surface area contributed by atoms with Crippen LogP contribution in [0.3, 0.4) is 0 Å². The van der Waals surface area contributed by atoms with Crippen LogP contribution < -0.4 is 0 Å². The molecule has 0 aromatic rings. The van der Waals surface area contributed by atoms with Crippen LogP contribution in [0.15, 0.2) is 11.5 Å². The van der Waals surface area contributed by atoms with Crippen LogP contribution in [0.4, 0.5) is 0 Å². The molecular formula is C15H32O2Si2. The summed E-state index contributed by atoms with van der Waals surface area (Å²) in [5.74, 6) is 2.37. The molecule has 2 nitrogen and oxygen atoms in total. The molecule has 0 aromatic carbocycles. The summed E-state index contributed by atoms with van der Waals surface area (Å²) in [6.07, 6.45) is 8.67. The van der Waals surface area contributed by atoms with Crippen LogP contribution in [-0.2, 0) is 8.85 Å². The van der Waals surface area contributed by atoms with Gasteiger partial charge in [0.15, 0.2) is 0 Å². The van der Waals surface area contributed by atoms with Crippen LogP contribution in [-0.4, -0.2) is 16.6 Å². The van der Waals surface area contributed by atoms with Crippen LogP contribution in [0.1, 0.15) is 44.9 Å². The molecule has 1 rings (SSSR count). The highest BCUT2D eigenvalue weighted by Crippen LogP contribution is 2.28. The van der Waals surface area contributed by atoms with E-state index in [9.17, 15) is 0 Å². The molecule has 0 radical (unpaired) electrons. The highest BCUT2D eigenvalue weighted by Gasteiger charge is 2.25. The van der Waals surface area contributed by atoms with Crippen molar-refractivity contribution in [3.05, 3.63) is 11.5 Å². The molecule has 0 atom stereocenters. The summed E-state index contributed by atoms with van der Waals surface area (Å²) < 4.78 is 12.7. The Balaban J connectivity index is 2.92. The van der Waals surface area contributed by atoms with Crippen LogP contribution in [0.5, 0.6) is 0 Å². The third-order valence-corrected chi connectivity index (χ3v) is 4.69. The van der Waals surface area contributed by atoms with Crippen molar-refractivity contribution in [1.82, 2.24) is 0 Å². The first-order valence-corrected chi connectivity index (χ1v) is 14.6. The SMILES string of the molecule is C[Si](C)(C)OC1=C(O[Si](C)(C)C)CCCCCCC1. The molecule has 0 amide bonds. The van der Waals surface area contributed by atoms with E-state index in [2.05, 4.69) is 39.3 Å². The minimum absolute atomic E-state index is 1.07. The molecule has 4 heteroatoms. The smallest absolute Gasteiger partial charge is 0.241 e. The lowest BCUT2D eigenvalue weighted by atomic mass is 10.1. The van der Waals surface area contributed by atoms with Gasteiger partial charge in [-0.2, -0.15) is 0 Å². The second kappa shape index (κ2) is 6.98. The Labute approximate surface area is 121 Å². The summed E-state index contributed by atoms with van der Waals surface area (Å²) in [7, 11) is -3.08. The second-order valence-corrected chi connectivity index (χ2v) is 16.4. The summed E-state index contributed by atoms with van der Waals surface area (Å²) in [6, 6.07) is 0. The lowest BCUT2D eigenvalue weighted by Crippen LogP contribution is -2.29. The normalized spacial score (nSPS) is 19.5. The van der Waals surface area contributed by atoms with Gasteiger partial charge in [-0.05, 0) is 52.1 Å². The zero-order valence-corrected chi connectivity index (χ0v) is 15.8. The van der Waals surface area contributed by atoms with E-state index in [0.717, 1.165) is 12.8 Å². The van der Waals surface area contributed by atoms with Crippen molar-refractivity contribution in [2.45, 2.75) is 84.2 Å². The maximum Gasteiger partial charge on any atom is 0.241 e. The van der Waals surface area contributed by atoms with Gasteiger partial charge in [-0.15, -0.1) is 0 Å². The van der Waals surface area contributed by atoms with Crippen molar-refractivity contribution >= 4 is 16.6 Å². The van der Waals surface area contributed by atoms with E-state index in [-0.39, 0.29) is 0 Å². The largest absolute Gasteiger partial charge is 0.545 e. The molecule has 0 heterocycles. The van der Waals surface area contributed by atoms with Gasteiger partial charge in [0.2, 0.25) is 16.6 Å². The number of hydrogen-bond donors (Lipinski definition) is 0. The third kappa shape index (κ3) is 7.82. The number of allylic oxidation sites excluding steroid dienone is 2. The Bertz CT molecular complexity index is 281. The summed E-state index contributed by atoms with van der Waals surface area (Å²) in [6.45, 7) is 13.6. The van der Waals surface area contributed by atoms with Crippen molar-refractivity contribution in [3.63, 3.8) is 0 Å². The third-order valence-electron chi connectivity index (χ3n) is 2.98. The lowest BCUT2D eigenvalue weighted by Gasteiger charge is -2.28. The molecule has 1 aliphatic rings. The van der Waals surface area contributed by atoms with Gasteiger partial charge in [0.05, 0.1) is 0 Å². The average molecular weight is 301 g/mol. The van der Waals surface area contributed by atoms with Crippen molar-refractivity contribution in [2.75, 3.05) is 0 Å². The molecule has 0 spiro atoms. The Morgan fingerprint density at radius 3 is 1.21 bits per heavy atom. The summed E-state index contributed by atoms with van der Waals surface area (Å²) in [4.78, 5) is 0. The minimum Gasteiger partial charge on any atom is -0.545 e. The Morgan fingerprint density at radius 2 is 0.895 bits per heavy atom. The van der Waals surface area contributed by atoms with Gasteiger partial charge in [0.25, 0.3) is 0 Å². The molecule has 1 aliphatic carbocycles. The molecule has 0 fully saturated rings. The molecule has 0 saturated heterocycles. The maximum atomic E-state index is 6.34. The van der Waals surface area contributed by atoms with Crippen molar-refractivity contribution in [3.8, 4) is 0 Å². The molecule has 0 aliphatic heterocycles. The van der Waals surface area contributed by atoms with Crippen molar-refractivity contribution < 1.29 is 8.85 Å². The fraction of sp³-hybridized carbons (Fsp3) is 0.867. The predicted molar refractivity (Wildman–Crippen MR) is 88.2 cm³/mol. The standard InChI is InChI=1S/C15H32O2Si2/c1-18(2,3)16-14-12-10-8-7-9-11-13-15(14)17-19(4,5)6/h7-13H2,1-6H3. The van der Waals surface area contributed by atoms with Gasteiger partial charge in [-0.3, -0.25) is 0 Å². The molecular weight excluding hydrogens is 268 g/mol. The van der Waals surface area contributed by atoms with Crippen molar-refractivity contribution in [1.29, 1.82) is 0 Å². The second-order valence-electron chi connectivity index (χ2n) is 7.54. The maximum absolute atomic E-state index is 6.34. The van der Waals surface area contributed by atoms with Crippen LogP contribution in [0.25, 0.3) is 0 Å². The lowest BCUT2D eigenvalue weighted by molar-refractivity contribution is 0.313. The van der Waals surface area contributed by atoms with Gasteiger partial charge in [0, 0.05) is 12.8 Å². The molecule has 0 saturated carbocycles. The topological polar surface area (TPSA) is 18.5 Å². The first kappa shape index (κ1) is 16.8. The van der Waals surface area contributed by atoms with E-state index in [4.69, 9.17) is 8.85 Å². The number of hydrogen-bond acceptors (Lipinski definition) is 2. The van der Waals surface area contributed by atoms with E-state index < -0.39 is 16.6 Å². The van der Waals surface area contributed by atoms with Crippen LogP contribution >= 0.6 is 0 Å². The molecule has 19 heavy (non-hydrogen) atoms. The monoisotopic (exact) mass is 300 g/mol. The minimum atomic E-state index is -1.54. The van der Waals surface area contributed by atoms with Crippen LogP contribution in [0.2, 0.25) is 39.3 Å². The summed E-state index contributed by atoms with van der Waals surface area (Å²) >= 11 is 0. The first-order chi connectivity index (χ1) is 8.67. The van der Waals surface area contributed by atoms with Gasteiger partial charge in [0.1, 0.15) is 11.5 Å². The quantitative estimate of drug-likeness (QED) is 0.625. The number of rotatable bonds is 4. The highest BCUT2D eigenvalue weighted by molar-refractivity contribution is 6.70. The van der Waals surface area contributed by atoms with Crippen LogP contribution in [0, 0.1) is 0 Å². The Kier molecular flexibility index (Phi) is 6.18. The van der Waals surface area contributed by atoms with E-state index in [1.165, 1.54) is 43.6 Å². The summed E-state index contributed by atoms with van der Waals surface area (Å²) in [5, 5.41) is 0. The fourth-order valence-corrected chi connectivity index (χ4v) is 4.25. The molecule has 0 bridgehead atoms. The Morgan fingerprint density at radius 1 is 0.579 bits per heavy atom. The van der Waals surface area contributed by atoms with Crippen molar-refractivity contribution in [2.24, 2.45) is 0 Å². The molecule has 0 N–H and O–H groups in total. The van der Waals surface area contributed by atoms with Gasteiger partial charge >= 0.3 is 0 Å². The first-order valence-electron chi connectivity index (χ1n) is 7.77. The molecule has 0 unspecified atom stereocenters.